The fraction of sp³-hybridized carbons (Fsp3) is 0.118. The van der Waals surface area contributed by atoms with E-state index < -0.39 is 10.0 Å². The summed E-state index contributed by atoms with van der Waals surface area (Å²) in [6, 6.07) is 8.68. The molecule has 0 radical (unpaired) electrons. The third kappa shape index (κ3) is 2.31. The molecule has 0 fully saturated rings. The Morgan fingerprint density at radius 2 is 2.00 bits per heavy atom. The number of hydrogen-bond acceptors (Lipinski definition) is 4. The molecule has 118 valence electrons. The van der Waals surface area contributed by atoms with E-state index in [0.29, 0.717) is 16.8 Å². The summed E-state index contributed by atoms with van der Waals surface area (Å²) >= 11 is 0. The van der Waals surface area contributed by atoms with E-state index in [9.17, 15) is 13.5 Å². The van der Waals surface area contributed by atoms with Crippen LogP contribution in [-0.2, 0) is 10.0 Å². The Balaban J connectivity index is 2.38. The molecule has 1 aliphatic heterocycles. The van der Waals surface area contributed by atoms with Crippen molar-refractivity contribution in [3.05, 3.63) is 72.1 Å². The summed E-state index contributed by atoms with van der Waals surface area (Å²) in [6.07, 6.45) is 4.46. The number of aliphatic hydroxyl groups is 1. The Kier molecular flexibility index (Phi) is 3.69. The summed E-state index contributed by atoms with van der Waals surface area (Å²) in [5, 5.41) is 10.6. The number of fused-ring (bicyclic) bond motifs is 1. The van der Waals surface area contributed by atoms with Crippen LogP contribution >= 0.6 is 0 Å². The van der Waals surface area contributed by atoms with Crippen LogP contribution in [0.3, 0.4) is 0 Å². The molecular formula is C17H16N2O3S. The minimum Gasteiger partial charge on any atom is -0.506 e. The van der Waals surface area contributed by atoms with Crippen LogP contribution in [0.25, 0.3) is 10.7 Å². The van der Waals surface area contributed by atoms with Gasteiger partial charge in [-0.1, -0.05) is 30.3 Å². The van der Waals surface area contributed by atoms with Crippen LogP contribution < -0.4 is 4.31 Å². The lowest BCUT2D eigenvalue weighted by Gasteiger charge is -2.31. The topological polar surface area (TPSA) is 70.5 Å². The van der Waals surface area contributed by atoms with Crippen molar-refractivity contribution < 1.29 is 13.5 Å². The van der Waals surface area contributed by atoms with Crippen molar-refractivity contribution in [2.75, 3.05) is 10.8 Å². The molecule has 1 aromatic heterocycles. The number of nitrogens with zero attached hydrogens (tertiary/aromatic N) is 2. The molecule has 0 saturated carbocycles. The van der Waals surface area contributed by atoms with Gasteiger partial charge in [-0.15, -0.1) is 6.58 Å². The molecule has 3 rings (SSSR count). The fourth-order valence-electron chi connectivity index (χ4n) is 2.68. The molecule has 1 aliphatic rings. The van der Waals surface area contributed by atoms with Gasteiger partial charge in [-0.25, -0.2) is 8.42 Å². The molecule has 0 aliphatic carbocycles. The molecule has 0 amide bonds. The number of hydrogen-bond donors (Lipinski definition) is 1. The van der Waals surface area contributed by atoms with E-state index in [1.165, 1.54) is 22.8 Å². The Bertz CT molecular complexity index is 917. The van der Waals surface area contributed by atoms with E-state index in [-0.39, 0.29) is 17.2 Å². The maximum absolute atomic E-state index is 13.1. The lowest BCUT2D eigenvalue weighted by atomic mass is 10.1. The van der Waals surface area contributed by atoms with Gasteiger partial charge in [0.2, 0.25) is 0 Å². The SMILES string of the molecule is C=CCN1c2cnccc2C(O)=C(c2ccccc2C)S1(=O)=O. The number of aryl methyl sites for hydroxylation is 1. The van der Waals surface area contributed by atoms with Crippen LogP contribution in [0.4, 0.5) is 5.69 Å². The fourth-order valence-corrected chi connectivity index (χ4v) is 4.46. The van der Waals surface area contributed by atoms with Gasteiger partial charge < -0.3 is 5.11 Å². The number of sulfonamides is 1. The van der Waals surface area contributed by atoms with Gasteiger partial charge in [-0.2, -0.15) is 0 Å². The second-order valence-electron chi connectivity index (χ2n) is 5.21. The molecule has 0 saturated heterocycles. The molecule has 23 heavy (non-hydrogen) atoms. The molecule has 0 bridgehead atoms. The van der Waals surface area contributed by atoms with Gasteiger partial charge in [0.25, 0.3) is 10.0 Å². The van der Waals surface area contributed by atoms with Gasteiger partial charge in [0.15, 0.2) is 0 Å². The number of benzene rings is 1. The molecule has 0 spiro atoms. The summed E-state index contributed by atoms with van der Waals surface area (Å²) in [5.41, 5.74) is 2.05. The molecule has 0 atom stereocenters. The van der Waals surface area contributed by atoms with Crippen LogP contribution in [0, 0.1) is 6.92 Å². The summed E-state index contributed by atoms with van der Waals surface area (Å²) in [5.74, 6) is -0.253. The van der Waals surface area contributed by atoms with E-state index in [4.69, 9.17) is 0 Å². The summed E-state index contributed by atoms with van der Waals surface area (Å²) in [6.45, 7) is 5.53. The van der Waals surface area contributed by atoms with Crippen LogP contribution in [0.5, 0.6) is 0 Å². The normalized spacial score (nSPS) is 16.1. The van der Waals surface area contributed by atoms with Gasteiger partial charge in [0, 0.05) is 17.3 Å². The van der Waals surface area contributed by atoms with Crippen molar-refractivity contribution in [1.29, 1.82) is 0 Å². The van der Waals surface area contributed by atoms with Crippen molar-refractivity contribution in [3.63, 3.8) is 0 Å². The maximum atomic E-state index is 13.1. The van der Waals surface area contributed by atoms with Crippen molar-refractivity contribution in [2.24, 2.45) is 0 Å². The zero-order valence-electron chi connectivity index (χ0n) is 12.6. The monoisotopic (exact) mass is 328 g/mol. The Labute approximate surface area is 135 Å². The first kappa shape index (κ1) is 15.3. The quantitative estimate of drug-likeness (QED) is 0.879. The van der Waals surface area contributed by atoms with Crippen molar-refractivity contribution in [2.45, 2.75) is 6.92 Å². The number of pyridine rings is 1. The highest BCUT2D eigenvalue weighted by Gasteiger charge is 2.38. The standard InChI is InChI=1S/C17H16N2O3S/c1-3-10-19-15-11-18-9-8-14(15)16(20)17(23(19,21)22)13-7-5-4-6-12(13)2/h3-9,11,20H,1,10H2,2H3. The molecule has 2 aromatic rings. The molecule has 6 heteroatoms. The highest BCUT2D eigenvalue weighted by molar-refractivity contribution is 8.02. The molecule has 1 N–H and O–H groups in total. The Hall–Kier alpha value is -2.60. The van der Waals surface area contributed by atoms with E-state index in [0.717, 1.165) is 5.56 Å². The van der Waals surface area contributed by atoms with E-state index in [1.54, 1.807) is 18.2 Å². The molecule has 1 aromatic carbocycles. The lowest BCUT2D eigenvalue weighted by Crippen LogP contribution is -2.35. The van der Waals surface area contributed by atoms with Gasteiger partial charge in [0.1, 0.15) is 10.7 Å². The molecule has 0 unspecified atom stereocenters. The summed E-state index contributed by atoms with van der Waals surface area (Å²) < 4.78 is 27.3. The highest BCUT2D eigenvalue weighted by Crippen LogP contribution is 2.42. The maximum Gasteiger partial charge on any atom is 0.269 e. The predicted molar refractivity (Wildman–Crippen MR) is 91.3 cm³/mol. The molecular weight excluding hydrogens is 312 g/mol. The Morgan fingerprint density at radius 3 is 2.70 bits per heavy atom. The minimum absolute atomic E-state index is 0.0869. The zero-order chi connectivity index (χ0) is 16.6. The number of anilines is 1. The van der Waals surface area contributed by atoms with E-state index in [2.05, 4.69) is 11.6 Å². The zero-order valence-corrected chi connectivity index (χ0v) is 13.4. The minimum atomic E-state index is -3.91. The Morgan fingerprint density at radius 1 is 1.26 bits per heavy atom. The highest BCUT2D eigenvalue weighted by atomic mass is 32.2. The average molecular weight is 328 g/mol. The van der Waals surface area contributed by atoms with E-state index >= 15 is 0 Å². The van der Waals surface area contributed by atoms with Crippen LogP contribution in [-0.4, -0.2) is 25.1 Å². The number of aromatic nitrogens is 1. The third-order valence-electron chi connectivity index (χ3n) is 3.77. The molecule has 5 nitrogen and oxygen atoms in total. The van der Waals surface area contributed by atoms with Crippen LogP contribution in [0.15, 0.2) is 55.4 Å². The van der Waals surface area contributed by atoms with Gasteiger partial charge in [-0.05, 0) is 18.6 Å². The van der Waals surface area contributed by atoms with Gasteiger partial charge in [0.05, 0.1) is 18.4 Å². The lowest BCUT2D eigenvalue weighted by molar-refractivity contribution is 0.512. The first-order chi connectivity index (χ1) is 11.0. The van der Waals surface area contributed by atoms with Crippen LogP contribution in [0.2, 0.25) is 0 Å². The number of rotatable bonds is 3. The van der Waals surface area contributed by atoms with Gasteiger partial charge >= 0.3 is 0 Å². The smallest absolute Gasteiger partial charge is 0.269 e. The first-order valence-corrected chi connectivity index (χ1v) is 8.49. The molecule has 2 heterocycles. The first-order valence-electron chi connectivity index (χ1n) is 7.05. The number of aliphatic hydroxyl groups excluding tert-OH is 1. The van der Waals surface area contributed by atoms with Gasteiger partial charge in [-0.3, -0.25) is 9.29 Å². The van der Waals surface area contributed by atoms with E-state index in [1.807, 2.05) is 19.1 Å². The summed E-state index contributed by atoms with van der Waals surface area (Å²) in [7, 11) is -3.91. The second kappa shape index (κ2) is 5.55. The van der Waals surface area contributed by atoms with Crippen LogP contribution in [0.1, 0.15) is 16.7 Å². The second-order valence-corrected chi connectivity index (χ2v) is 7.01. The van der Waals surface area contributed by atoms with Crippen molar-refractivity contribution in [1.82, 2.24) is 4.98 Å². The third-order valence-corrected chi connectivity index (χ3v) is 5.63. The average Bonchev–Trinajstić information content (AvgIpc) is 2.53. The van der Waals surface area contributed by atoms with Crippen molar-refractivity contribution >= 4 is 26.4 Å². The predicted octanol–water partition coefficient (Wildman–Crippen LogP) is 3.11. The largest absolute Gasteiger partial charge is 0.506 e. The van der Waals surface area contributed by atoms with Crippen molar-refractivity contribution in [3.8, 4) is 0 Å². The summed E-state index contributed by atoms with van der Waals surface area (Å²) in [4.78, 5) is 3.88.